The van der Waals surface area contributed by atoms with Gasteiger partial charge in [-0.25, -0.2) is 0 Å². The molecule has 0 heterocycles. The van der Waals surface area contributed by atoms with Crippen LogP contribution in [0, 0.1) is 17.2 Å². The molecule has 13 heavy (non-hydrogen) atoms. The molecule has 0 bridgehead atoms. The predicted octanol–water partition coefficient (Wildman–Crippen LogP) is 2.71. The lowest BCUT2D eigenvalue weighted by Gasteiger charge is -2.04. The lowest BCUT2D eigenvalue weighted by atomic mass is 10.0. The van der Waals surface area contributed by atoms with Crippen LogP contribution in [0.5, 0.6) is 0 Å². The van der Waals surface area contributed by atoms with Gasteiger partial charge in [-0.15, -0.1) is 0 Å². The largest absolute Gasteiger partial charge is 0.304 e. The monoisotopic (exact) mass is 182 g/mol. The lowest BCUT2D eigenvalue weighted by Crippen LogP contribution is -2.14. The summed E-state index contributed by atoms with van der Waals surface area (Å²) in [5, 5.41) is 11.3. The van der Waals surface area contributed by atoms with E-state index in [-0.39, 0.29) is 0 Å². The first-order valence-corrected chi connectivity index (χ1v) is 5.35. The van der Waals surface area contributed by atoms with E-state index >= 15 is 0 Å². The van der Waals surface area contributed by atoms with Crippen LogP contribution < -0.4 is 5.32 Å². The van der Waals surface area contributed by atoms with Crippen LogP contribution in [-0.2, 0) is 0 Å². The third-order valence-electron chi connectivity index (χ3n) is 2.09. The van der Waals surface area contributed by atoms with Gasteiger partial charge in [-0.2, -0.15) is 5.26 Å². The second-order valence-electron chi connectivity index (χ2n) is 3.93. The SMILES string of the molecule is CC(C)CCCCCCNCC#N. The van der Waals surface area contributed by atoms with Crippen molar-refractivity contribution in [3.05, 3.63) is 0 Å². The maximum Gasteiger partial charge on any atom is 0.0840 e. The first kappa shape index (κ1) is 12.4. The molecule has 0 radical (unpaired) electrons. The number of nitrogens with one attached hydrogen (secondary N) is 1. The van der Waals surface area contributed by atoms with E-state index in [4.69, 9.17) is 5.26 Å². The van der Waals surface area contributed by atoms with E-state index in [9.17, 15) is 0 Å². The summed E-state index contributed by atoms with van der Waals surface area (Å²) in [6.07, 6.45) is 6.55. The van der Waals surface area contributed by atoms with E-state index in [1.807, 2.05) is 0 Å². The van der Waals surface area contributed by atoms with Crippen LogP contribution in [0.3, 0.4) is 0 Å². The Bertz CT molecular complexity index is 136. The number of hydrogen-bond acceptors (Lipinski definition) is 2. The predicted molar refractivity (Wildman–Crippen MR) is 56.4 cm³/mol. The summed E-state index contributed by atoms with van der Waals surface area (Å²) in [5.74, 6) is 0.844. The Morgan fingerprint density at radius 3 is 2.46 bits per heavy atom. The van der Waals surface area contributed by atoms with Crippen LogP contribution in [0.25, 0.3) is 0 Å². The third-order valence-corrected chi connectivity index (χ3v) is 2.09. The second kappa shape index (κ2) is 9.54. The molecule has 0 atom stereocenters. The van der Waals surface area contributed by atoms with Crippen molar-refractivity contribution in [2.45, 2.75) is 46.0 Å². The highest BCUT2D eigenvalue weighted by molar-refractivity contribution is 4.72. The fourth-order valence-corrected chi connectivity index (χ4v) is 1.30. The topological polar surface area (TPSA) is 35.8 Å². The number of nitrogens with zero attached hydrogens (tertiary/aromatic N) is 1. The van der Waals surface area contributed by atoms with Gasteiger partial charge in [-0.3, -0.25) is 0 Å². The molecular formula is C11H22N2. The van der Waals surface area contributed by atoms with Crippen LogP contribution in [0.15, 0.2) is 0 Å². The van der Waals surface area contributed by atoms with Crippen LogP contribution >= 0.6 is 0 Å². The molecule has 2 nitrogen and oxygen atoms in total. The fourth-order valence-electron chi connectivity index (χ4n) is 1.30. The zero-order valence-electron chi connectivity index (χ0n) is 8.97. The van der Waals surface area contributed by atoms with Gasteiger partial charge in [-0.1, -0.05) is 39.5 Å². The average Bonchev–Trinajstić information content (AvgIpc) is 2.09. The molecule has 0 aliphatic heterocycles. The van der Waals surface area contributed by atoms with Crippen LogP contribution in [0.1, 0.15) is 46.0 Å². The summed E-state index contributed by atoms with van der Waals surface area (Å²) in [5.41, 5.74) is 0. The Kier molecular flexibility index (Phi) is 9.13. The van der Waals surface area contributed by atoms with Crippen molar-refractivity contribution in [1.82, 2.24) is 5.32 Å². The van der Waals surface area contributed by atoms with Gasteiger partial charge in [0, 0.05) is 0 Å². The normalized spacial score (nSPS) is 10.3. The Labute approximate surface area is 82.3 Å². The number of unbranched alkanes of at least 4 members (excludes halogenated alkanes) is 3. The molecule has 0 aliphatic rings. The Balaban J connectivity index is 2.88. The van der Waals surface area contributed by atoms with Crippen molar-refractivity contribution < 1.29 is 0 Å². The van der Waals surface area contributed by atoms with E-state index < -0.39 is 0 Å². The molecule has 0 spiro atoms. The summed E-state index contributed by atoms with van der Waals surface area (Å²) in [4.78, 5) is 0. The Morgan fingerprint density at radius 2 is 1.85 bits per heavy atom. The van der Waals surface area contributed by atoms with Gasteiger partial charge in [0.2, 0.25) is 0 Å². The Morgan fingerprint density at radius 1 is 1.15 bits per heavy atom. The molecule has 0 unspecified atom stereocenters. The number of nitriles is 1. The highest BCUT2D eigenvalue weighted by atomic mass is 14.8. The molecule has 0 aromatic carbocycles. The number of rotatable bonds is 8. The molecule has 0 aliphatic carbocycles. The van der Waals surface area contributed by atoms with Crippen LogP contribution in [0.4, 0.5) is 0 Å². The van der Waals surface area contributed by atoms with Gasteiger partial charge in [0.15, 0.2) is 0 Å². The molecule has 2 heteroatoms. The van der Waals surface area contributed by atoms with Crippen molar-refractivity contribution in [2.24, 2.45) is 5.92 Å². The maximum absolute atomic E-state index is 8.26. The van der Waals surface area contributed by atoms with E-state index in [1.54, 1.807) is 0 Å². The summed E-state index contributed by atoms with van der Waals surface area (Å²) >= 11 is 0. The first-order valence-electron chi connectivity index (χ1n) is 5.35. The van der Waals surface area contributed by atoms with Gasteiger partial charge in [0.25, 0.3) is 0 Å². The highest BCUT2D eigenvalue weighted by Gasteiger charge is 1.93. The molecule has 76 valence electrons. The van der Waals surface area contributed by atoms with Crippen LogP contribution in [-0.4, -0.2) is 13.1 Å². The van der Waals surface area contributed by atoms with Crippen molar-refractivity contribution in [3.63, 3.8) is 0 Å². The minimum Gasteiger partial charge on any atom is -0.304 e. The fraction of sp³-hybridized carbons (Fsp3) is 0.909. The van der Waals surface area contributed by atoms with E-state index in [1.165, 1.54) is 32.1 Å². The van der Waals surface area contributed by atoms with E-state index in [0.717, 1.165) is 12.5 Å². The van der Waals surface area contributed by atoms with Gasteiger partial charge < -0.3 is 5.32 Å². The molecule has 0 fully saturated rings. The summed E-state index contributed by atoms with van der Waals surface area (Å²) in [6, 6.07) is 2.07. The van der Waals surface area contributed by atoms with Crippen LogP contribution in [0.2, 0.25) is 0 Å². The van der Waals surface area contributed by atoms with Crippen molar-refractivity contribution in [1.29, 1.82) is 5.26 Å². The molecule has 1 N–H and O–H groups in total. The van der Waals surface area contributed by atoms with Crippen molar-refractivity contribution in [2.75, 3.05) is 13.1 Å². The zero-order valence-corrected chi connectivity index (χ0v) is 8.97. The maximum atomic E-state index is 8.26. The highest BCUT2D eigenvalue weighted by Crippen LogP contribution is 2.08. The smallest absolute Gasteiger partial charge is 0.0840 e. The first-order chi connectivity index (χ1) is 6.27. The van der Waals surface area contributed by atoms with Gasteiger partial charge in [0.1, 0.15) is 0 Å². The molecule has 0 amide bonds. The zero-order chi connectivity index (χ0) is 9.94. The summed E-state index contributed by atoms with van der Waals surface area (Å²) in [7, 11) is 0. The van der Waals surface area contributed by atoms with Gasteiger partial charge >= 0.3 is 0 Å². The minimum absolute atomic E-state index is 0.492. The van der Waals surface area contributed by atoms with Gasteiger partial charge in [0.05, 0.1) is 12.6 Å². The molecule has 0 rings (SSSR count). The Hall–Kier alpha value is -0.550. The van der Waals surface area contributed by atoms with Crippen molar-refractivity contribution >= 4 is 0 Å². The summed E-state index contributed by atoms with van der Waals surface area (Å²) in [6.45, 7) is 6.03. The quantitative estimate of drug-likeness (QED) is 0.463. The molecule has 0 aromatic rings. The molecular weight excluding hydrogens is 160 g/mol. The van der Waals surface area contributed by atoms with Gasteiger partial charge in [-0.05, 0) is 18.9 Å². The minimum atomic E-state index is 0.492. The molecule has 0 aromatic heterocycles. The second-order valence-corrected chi connectivity index (χ2v) is 3.93. The average molecular weight is 182 g/mol. The third kappa shape index (κ3) is 11.5. The summed E-state index contributed by atoms with van der Waals surface area (Å²) < 4.78 is 0. The van der Waals surface area contributed by atoms with E-state index in [2.05, 4.69) is 25.2 Å². The van der Waals surface area contributed by atoms with E-state index in [0.29, 0.717) is 6.54 Å². The van der Waals surface area contributed by atoms with Crippen molar-refractivity contribution in [3.8, 4) is 6.07 Å². The lowest BCUT2D eigenvalue weighted by molar-refractivity contribution is 0.515. The molecule has 0 saturated carbocycles. The standard InChI is InChI=1S/C11H22N2/c1-11(2)7-5-3-4-6-9-13-10-8-12/h11,13H,3-7,9-10H2,1-2H3. The number of hydrogen-bond donors (Lipinski definition) is 1. The molecule has 0 saturated heterocycles.